The van der Waals surface area contributed by atoms with Gasteiger partial charge in [0.2, 0.25) is 0 Å². The number of amides is 1. The molecule has 0 saturated carbocycles. The molecule has 0 saturated heterocycles. The number of carbonyl (C=O) groups excluding carboxylic acids is 1. The Bertz CT molecular complexity index is 925. The Morgan fingerprint density at radius 2 is 1.88 bits per heavy atom. The molecule has 1 amide bonds. The summed E-state index contributed by atoms with van der Waals surface area (Å²) in [6, 6.07) is 7.76. The maximum absolute atomic E-state index is 12.6. The predicted molar refractivity (Wildman–Crippen MR) is 93.5 cm³/mol. The number of rotatable bonds is 2. The zero-order valence-corrected chi connectivity index (χ0v) is 14.0. The van der Waals surface area contributed by atoms with E-state index >= 15 is 0 Å². The van der Waals surface area contributed by atoms with Crippen molar-refractivity contribution in [3.63, 3.8) is 0 Å². The van der Waals surface area contributed by atoms with Crippen molar-refractivity contribution in [2.45, 2.75) is 39.5 Å². The molecule has 1 aromatic carbocycles. The van der Waals surface area contributed by atoms with Gasteiger partial charge in [-0.05, 0) is 57.2 Å². The van der Waals surface area contributed by atoms with Gasteiger partial charge in [0.15, 0.2) is 5.65 Å². The van der Waals surface area contributed by atoms with Gasteiger partial charge in [0.05, 0.1) is 6.20 Å². The zero-order valence-electron chi connectivity index (χ0n) is 14.0. The van der Waals surface area contributed by atoms with E-state index in [1.54, 1.807) is 6.20 Å². The molecule has 5 nitrogen and oxygen atoms in total. The summed E-state index contributed by atoms with van der Waals surface area (Å²) in [6.45, 7) is 4.05. The molecule has 4 rings (SSSR count). The van der Waals surface area contributed by atoms with Crippen molar-refractivity contribution in [3.05, 3.63) is 58.5 Å². The Morgan fingerprint density at radius 1 is 1.12 bits per heavy atom. The van der Waals surface area contributed by atoms with Crippen LogP contribution >= 0.6 is 0 Å². The number of nitrogens with one attached hydrogen (secondary N) is 1. The molecule has 1 aliphatic carbocycles. The molecule has 122 valence electrons. The Labute approximate surface area is 140 Å². The van der Waals surface area contributed by atoms with Gasteiger partial charge in [0.1, 0.15) is 5.56 Å². The van der Waals surface area contributed by atoms with Gasteiger partial charge in [-0.25, -0.2) is 9.50 Å². The van der Waals surface area contributed by atoms with E-state index in [2.05, 4.69) is 15.4 Å². The Morgan fingerprint density at radius 3 is 2.67 bits per heavy atom. The lowest BCUT2D eigenvalue weighted by molar-refractivity contribution is 0.102. The molecule has 2 heterocycles. The van der Waals surface area contributed by atoms with Crippen LogP contribution in [0.4, 0.5) is 5.69 Å². The number of benzene rings is 1. The van der Waals surface area contributed by atoms with E-state index in [1.807, 2.05) is 42.6 Å². The molecular weight excluding hydrogens is 300 g/mol. The van der Waals surface area contributed by atoms with Crippen LogP contribution in [0.1, 0.15) is 45.7 Å². The lowest BCUT2D eigenvalue weighted by atomic mass is 9.95. The molecule has 0 aliphatic heterocycles. The topological polar surface area (TPSA) is 59.3 Å². The summed E-state index contributed by atoms with van der Waals surface area (Å²) in [5.74, 6) is -0.170. The minimum absolute atomic E-state index is 0.170. The van der Waals surface area contributed by atoms with Crippen LogP contribution in [-0.2, 0) is 12.8 Å². The van der Waals surface area contributed by atoms with Crippen LogP contribution in [0.3, 0.4) is 0 Å². The second-order valence-corrected chi connectivity index (χ2v) is 6.44. The van der Waals surface area contributed by atoms with Crippen LogP contribution in [0.15, 0.2) is 30.5 Å². The fourth-order valence-corrected chi connectivity index (χ4v) is 3.38. The first-order chi connectivity index (χ1) is 11.6. The van der Waals surface area contributed by atoms with Crippen LogP contribution < -0.4 is 5.32 Å². The fraction of sp³-hybridized carbons (Fsp3) is 0.316. The van der Waals surface area contributed by atoms with Crippen LogP contribution in [-0.4, -0.2) is 20.5 Å². The molecule has 3 aromatic rings. The van der Waals surface area contributed by atoms with Gasteiger partial charge in [-0.2, -0.15) is 5.10 Å². The average molecular weight is 320 g/mol. The number of aryl methyl sites for hydroxylation is 3. The third-order valence-corrected chi connectivity index (χ3v) is 4.70. The van der Waals surface area contributed by atoms with Gasteiger partial charge in [-0.1, -0.05) is 17.7 Å². The van der Waals surface area contributed by atoms with Crippen molar-refractivity contribution < 1.29 is 4.79 Å². The third kappa shape index (κ3) is 2.46. The smallest absolute Gasteiger partial charge is 0.261 e. The molecule has 0 spiro atoms. The van der Waals surface area contributed by atoms with Gasteiger partial charge in [0, 0.05) is 17.1 Å². The van der Waals surface area contributed by atoms with E-state index in [4.69, 9.17) is 0 Å². The lowest BCUT2D eigenvalue weighted by Gasteiger charge is -2.18. The van der Waals surface area contributed by atoms with Crippen molar-refractivity contribution in [1.82, 2.24) is 14.6 Å². The highest BCUT2D eigenvalue weighted by Gasteiger charge is 2.21. The standard InChI is InChI=1S/C19H20N4O/c1-12-7-9-14(10-8-12)22-19(24)16-11-20-23-17-6-4-3-5-15(17)13(2)21-18(16)23/h7-11H,3-6H2,1-2H3,(H,22,24). The second kappa shape index (κ2) is 5.74. The van der Waals surface area contributed by atoms with E-state index in [-0.39, 0.29) is 5.91 Å². The lowest BCUT2D eigenvalue weighted by Crippen LogP contribution is -2.15. The Kier molecular flexibility index (Phi) is 3.56. The minimum atomic E-state index is -0.170. The van der Waals surface area contributed by atoms with Crippen LogP contribution in [0.5, 0.6) is 0 Å². The van der Waals surface area contributed by atoms with Crippen molar-refractivity contribution in [3.8, 4) is 0 Å². The normalized spacial score (nSPS) is 13.8. The number of anilines is 1. The average Bonchev–Trinajstić information content (AvgIpc) is 3.01. The van der Waals surface area contributed by atoms with E-state index in [0.29, 0.717) is 11.2 Å². The highest BCUT2D eigenvalue weighted by atomic mass is 16.1. The minimum Gasteiger partial charge on any atom is -0.322 e. The summed E-state index contributed by atoms with van der Waals surface area (Å²) in [4.78, 5) is 17.3. The van der Waals surface area contributed by atoms with Crippen LogP contribution in [0.2, 0.25) is 0 Å². The summed E-state index contributed by atoms with van der Waals surface area (Å²) in [7, 11) is 0. The number of carbonyl (C=O) groups is 1. The van der Waals surface area contributed by atoms with E-state index in [9.17, 15) is 4.79 Å². The zero-order chi connectivity index (χ0) is 16.7. The number of hydrogen-bond acceptors (Lipinski definition) is 3. The first-order valence-electron chi connectivity index (χ1n) is 8.37. The maximum Gasteiger partial charge on any atom is 0.261 e. The molecule has 0 atom stereocenters. The number of fused-ring (bicyclic) bond motifs is 3. The Balaban J connectivity index is 1.73. The quantitative estimate of drug-likeness (QED) is 0.786. The van der Waals surface area contributed by atoms with Gasteiger partial charge in [0.25, 0.3) is 5.91 Å². The van der Waals surface area contributed by atoms with Gasteiger partial charge in [-0.15, -0.1) is 0 Å². The fourth-order valence-electron chi connectivity index (χ4n) is 3.38. The number of nitrogens with zero attached hydrogens (tertiary/aromatic N) is 3. The molecule has 0 unspecified atom stereocenters. The molecule has 2 aromatic heterocycles. The predicted octanol–water partition coefficient (Wildman–Crippen LogP) is 3.48. The summed E-state index contributed by atoms with van der Waals surface area (Å²) in [6.07, 6.45) is 6.03. The molecule has 1 aliphatic rings. The highest BCUT2D eigenvalue weighted by molar-refractivity contribution is 6.08. The molecule has 1 N–H and O–H groups in total. The van der Waals surface area contributed by atoms with Crippen LogP contribution in [0.25, 0.3) is 5.65 Å². The summed E-state index contributed by atoms with van der Waals surface area (Å²) in [5, 5.41) is 7.37. The molecule has 24 heavy (non-hydrogen) atoms. The van der Waals surface area contributed by atoms with Crippen molar-refractivity contribution in [1.29, 1.82) is 0 Å². The third-order valence-electron chi connectivity index (χ3n) is 4.70. The summed E-state index contributed by atoms with van der Waals surface area (Å²) in [5.41, 5.74) is 6.62. The van der Waals surface area contributed by atoms with E-state index in [1.165, 1.54) is 17.7 Å². The molecule has 0 bridgehead atoms. The maximum atomic E-state index is 12.6. The van der Waals surface area contributed by atoms with Crippen molar-refractivity contribution in [2.75, 3.05) is 5.32 Å². The Hall–Kier alpha value is -2.69. The molecular formula is C19H20N4O. The summed E-state index contributed by atoms with van der Waals surface area (Å²) >= 11 is 0. The first-order valence-corrected chi connectivity index (χ1v) is 8.37. The molecule has 5 heteroatoms. The highest BCUT2D eigenvalue weighted by Crippen LogP contribution is 2.25. The van der Waals surface area contributed by atoms with Gasteiger partial charge >= 0.3 is 0 Å². The van der Waals surface area contributed by atoms with Crippen molar-refractivity contribution >= 4 is 17.2 Å². The SMILES string of the molecule is Cc1ccc(NC(=O)c2cnn3c4c(c(C)nc23)CCCC4)cc1. The van der Waals surface area contributed by atoms with Gasteiger partial charge in [-0.3, -0.25) is 4.79 Å². The van der Waals surface area contributed by atoms with E-state index in [0.717, 1.165) is 36.2 Å². The molecule has 0 fully saturated rings. The van der Waals surface area contributed by atoms with E-state index < -0.39 is 0 Å². The van der Waals surface area contributed by atoms with Crippen molar-refractivity contribution in [2.24, 2.45) is 0 Å². The monoisotopic (exact) mass is 320 g/mol. The number of hydrogen-bond donors (Lipinski definition) is 1. The number of aromatic nitrogens is 3. The van der Waals surface area contributed by atoms with Crippen LogP contribution in [0, 0.1) is 13.8 Å². The summed E-state index contributed by atoms with van der Waals surface area (Å²) < 4.78 is 1.85. The molecule has 0 radical (unpaired) electrons. The first kappa shape index (κ1) is 14.9. The second-order valence-electron chi connectivity index (χ2n) is 6.44. The largest absolute Gasteiger partial charge is 0.322 e. The van der Waals surface area contributed by atoms with Gasteiger partial charge < -0.3 is 5.32 Å².